The van der Waals surface area contributed by atoms with Crippen molar-refractivity contribution in [1.82, 2.24) is 5.32 Å². The Bertz CT molecular complexity index is 338. The molecule has 0 saturated heterocycles. The Hall–Kier alpha value is -1.22. The molecule has 0 aliphatic rings. The first-order chi connectivity index (χ1) is 8.27. The molecule has 1 rings (SSSR count). The number of rotatable bonds is 7. The maximum Gasteiger partial charge on any atom is 0.251 e. The van der Waals surface area contributed by atoms with Crippen LogP contribution in [0.25, 0.3) is 0 Å². The molecule has 0 radical (unpaired) electrons. The SMILES string of the molecule is COc1ccc(C(=O)NCCCCCCl)cc1. The number of methoxy groups -OCH3 is 1. The van der Waals surface area contributed by atoms with E-state index in [0.29, 0.717) is 18.0 Å². The molecule has 1 aromatic rings. The van der Waals surface area contributed by atoms with Gasteiger partial charge in [0.05, 0.1) is 7.11 Å². The van der Waals surface area contributed by atoms with E-state index in [1.165, 1.54) is 0 Å². The number of benzene rings is 1. The van der Waals surface area contributed by atoms with Crippen LogP contribution < -0.4 is 10.1 Å². The number of alkyl halides is 1. The van der Waals surface area contributed by atoms with E-state index in [9.17, 15) is 4.79 Å². The van der Waals surface area contributed by atoms with Gasteiger partial charge in [-0.25, -0.2) is 0 Å². The van der Waals surface area contributed by atoms with Gasteiger partial charge in [0.2, 0.25) is 0 Å². The first kappa shape index (κ1) is 13.8. The summed E-state index contributed by atoms with van der Waals surface area (Å²) >= 11 is 5.57. The molecular formula is C13H18ClNO2. The Morgan fingerprint density at radius 1 is 1.24 bits per heavy atom. The van der Waals surface area contributed by atoms with Gasteiger partial charge in [0.25, 0.3) is 5.91 Å². The van der Waals surface area contributed by atoms with E-state index in [0.717, 1.165) is 25.0 Å². The van der Waals surface area contributed by atoms with Crippen LogP contribution in [0.3, 0.4) is 0 Å². The molecule has 0 fully saturated rings. The molecule has 0 bridgehead atoms. The third-order valence-corrected chi connectivity index (χ3v) is 2.72. The second-order valence-electron chi connectivity index (χ2n) is 3.73. The van der Waals surface area contributed by atoms with E-state index >= 15 is 0 Å². The van der Waals surface area contributed by atoms with Crippen LogP contribution in [0.2, 0.25) is 0 Å². The van der Waals surface area contributed by atoms with E-state index in [1.807, 2.05) is 0 Å². The molecule has 0 atom stereocenters. The summed E-state index contributed by atoms with van der Waals surface area (Å²) in [6, 6.07) is 7.07. The summed E-state index contributed by atoms with van der Waals surface area (Å²) in [6.45, 7) is 0.696. The van der Waals surface area contributed by atoms with Crippen molar-refractivity contribution in [3.63, 3.8) is 0 Å². The number of nitrogens with one attached hydrogen (secondary N) is 1. The lowest BCUT2D eigenvalue weighted by molar-refractivity contribution is 0.0953. The minimum Gasteiger partial charge on any atom is -0.497 e. The summed E-state index contributed by atoms with van der Waals surface area (Å²) in [5, 5.41) is 2.87. The van der Waals surface area contributed by atoms with Crippen molar-refractivity contribution in [1.29, 1.82) is 0 Å². The second kappa shape index (κ2) is 7.96. The van der Waals surface area contributed by atoms with E-state index in [1.54, 1.807) is 31.4 Å². The van der Waals surface area contributed by atoms with Gasteiger partial charge in [-0.2, -0.15) is 0 Å². The number of carbonyl (C=O) groups excluding carboxylic acids is 1. The quantitative estimate of drug-likeness (QED) is 0.601. The Kier molecular flexibility index (Phi) is 6.48. The number of unbranched alkanes of at least 4 members (excludes halogenated alkanes) is 2. The van der Waals surface area contributed by atoms with Gasteiger partial charge in [-0.15, -0.1) is 11.6 Å². The van der Waals surface area contributed by atoms with Crippen LogP contribution in [0, 0.1) is 0 Å². The molecule has 0 spiro atoms. The number of amides is 1. The summed E-state index contributed by atoms with van der Waals surface area (Å²) in [4.78, 5) is 11.7. The minimum absolute atomic E-state index is 0.0430. The smallest absolute Gasteiger partial charge is 0.251 e. The zero-order valence-electron chi connectivity index (χ0n) is 10.0. The summed E-state index contributed by atoms with van der Waals surface area (Å²) in [7, 11) is 1.60. The van der Waals surface area contributed by atoms with Crippen LogP contribution in [0.15, 0.2) is 24.3 Å². The molecule has 1 aromatic carbocycles. The third-order valence-electron chi connectivity index (χ3n) is 2.45. The Balaban J connectivity index is 2.31. The zero-order valence-corrected chi connectivity index (χ0v) is 10.8. The fourth-order valence-corrected chi connectivity index (χ4v) is 1.63. The van der Waals surface area contributed by atoms with Crippen LogP contribution in [-0.4, -0.2) is 25.4 Å². The van der Waals surface area contributed by atoms with Crippen molar-refractivity contribution in [3.8, 4) is 5.75 Å². The molecule has 94 valence electrons. The van der Waals surface area contributed by atoms with E-state index in [2.05, 4.69) is 5.32 Å². The summed E-state index contributed by atoms with van der Waals surface area (Å²) in [5.41, 5.74) is 0.656. The number of hydrogen-bond acceptors (Lipinski definition) is 2. The second-order valence-corrected chi connectivity index (χ2v) is 4.11. The highest BCUT2D eigenvalue weighted by Crippen LogP contribution is 2.11. The fraction of sp³-hybridized carbons (Fsp3) is 0.462. The molecule has 0 unspecified atom stereocenters. The Labute approximate surface area is 107 Å². The summed E-state index contributed by atoms with van der Waals surface area (Å²) in [6.07, 6.45) is 3.01. The predicted octanol–water partition coefficient (Wildman–Crippen LogP) is 2.83. The average Bonchev–Trinajstić information content (AvgIpc) is 2.38. The van der Waals surface area contributed by atoms with Gasteiger partial charge < -0.3 is 10.1 Å². The zero-order chi connectivity index (χ0) is 12.5. The first-order valence-corrected chi connectivity index (χ1v) is 6.29. The van der Waals surface area contributed by atoms with Crippen LogP contribution in [0.4, 0.5) is 0 Å². The topological polar surface area (TPSA) is 38.3 Å². The van der Waals surface area contributed by atoms with Gasteiger partial charge in [-0.1, -0.05) is 6.42 Å². The molecule has 0 aromatic heterocycles. The number of ether oxygens (including phenoxy) is 1. The molecule has 0 aliphatic carbocycles. The number of hydrogen-bond donors (Lipinski definition) is 1. The molecule has 0 saturated carbocycles. The van der Waals surface area contributed by atoms with E-state index < -0.39 is 0 Å². The molecule has 17 heavy (non-hydrogen) atoms. The van der Waals surface area contributed by atoms with Gasteiger partial charge in [0.1, 0.15) is 5.75 Å². The lowest BCUT2D eigenvalue weighted by Gasteiger charge is -2.05. The largest absolute Gasteiger partial charge is 0.497 e. The van der Waals surface area contributed by atoms with Gasteiger partial charge in [0, 0.05) is 18.0 Å². The molecular weight excluding hydrogens is 238 g/mol. The molecule has 0 aliphatic heterocycles. The maximum absolute atomic E-state index is 11.7. The average molecular weight is 256 g/mol. The van der Waals surface area contributed by atoms with E-state index in [-0.39, 0.29) is 5.91 Å². The normalized spacial score (nSPS) is 10.0. The van der Waals surface area contributed by atoms with Gasteiger partial charge in [-0.05, 0) is 37.1 Å². The molecule has 0 heterocycles. The highest BCUT2D eigenvalue weighted by Gasteiger charge is 2.04. The molecule has 4 heteroatoms. The van der Waals surface area contributed by atoms with Crippen molar-refractivity contribution in [2.75, 3.05) is 19.5 Å². The molecule has 1 N–H and O–H groups in total. The van der Waals surface area contributed by atoms with Crippen molar-refractivity contribution in [3.05, 3.63) is 29.8 Å². The van der Waals surface area contributed by atoms with Crippen molar-refractivity contribution in [2.24, 2.45) is 0 Å². The van der Waals surface area contributed by atoms with Gasteiger partial charge in [0.15, 0.2) is 0 Å². The summed E-state index contributed by atoms with van der Waals surface area (Å²) in [5.74, 6) is 1.40. The van der Waals surface area contributed by atoms with Crippen molar-refractivity contribution in [2.45, 2.75) is 19.3 Å². The summed E-state index contributed by atoms with van der Waals surface area (Å²) < 4.78 is 5.03. The van der Waals surface area contributed by atoms with Crippen LogP contribution in [-0.2, 0) is 0 Å². The Morgan fingerprint density at radius 2 is 1.94 bits per heavy atom. The van der Waals surface area contributed by atoms with Crippen LogP contribution >= 0.6 is 11.6 Å². The number of carbonyl (C=O) groups is 1. The lowest BCUT2D eigenvalue weighted by Crippen LogP contribution is -2.24. The first-order valence-electron chi connectivity index (χ1n) is 5.76. The molecule has 1 amide bonds. The lowest BCUT2D eigenvalue weighted by atomic mass is 10.2. The maximum atomic E-state index is 11.7. The molecule has 3 nitrogen and oxygen atoms in total. The van der Waals surface area contributed by atoms with Crippen LogP contribution in [0.1, 0.15) is 29.6 Å². The van der Waals surface area contributed by atoms with E-state index in [4.69, 9.17) is 16.3 Å². The van der Waals surface area contributed by atoms with Crippen molar-refractivity contribution >= 4 is 17.5 Å². The monoisotopic (exact) mass is 255 g/mol. The Morgan fingerprint density at radius 3 is 2.53 bits per heavy atom. The van der Waals surface area contributed by atoms with Crippen LogP contribution in [0.5, 0.6) is 5.75 Å². The third kappa shape index (κ3) is 5.09. The predicted molar refractivity (Wildman–Crippen MR) is 69.9 cm³/mol. The van der Waals surface area contributed by atoms with Gasteiger partial charge >= 0.3 is 0 Å². The highest BCUT2D eigenvalue weighted by molar-refractivity contribution is 6.17. The fourth-order valence-electron chi connectivity index (χ4n) is 1.44. The van der Waals surface area contributed by atoms with Gasteiger partial charge in [-0.3, -0.25) is 4.79 Å². The highest BCUT2D eigenvalue weighted by atomic mass is 35.5. The minimum atomic E-state index is -0.0430. The number of halogens is 1. The standard InChI is InChI=1S/C13H18ClNO2/c1-17-12-7-5-11(6-8-12)13(16)15-10-4-2-3-9-14/h5-8H,2-4,9-10H2,1H3,(H,15,16). The van der Waals surface area contributed by atoms with Crippen molar-refractivity contribution < 1.29 is 9.53 Å².